The molecule has 0 spiro atoms. The molecule has 0 aromatic heterocycles. The molecule has 0 atom stereocenters. The van der Waals surface area contributed by atoms with Crippen LogP contribution in [0.25, 0.3) is 21.9 Å². The van der Waals surface area contributed by atoms with Crippen LogP contribution in [0.5, 0.6) is 0 Å². The van der Waals surface area contributed by atoms with Gasteiger partial charge in [-0.15, -0.1) is 0 Å². The molecule has 7 rings (SSSR count). The molecule has 0 amide bonds. The molecule has 0 unspecified atom stereocenters. The van der Waals surface area contributed by atoms with Crippen LogP contribution in [-0.4, -0.2) is 0 Å². The highest BCUT2D eigenvalue weighted by Crippen LogP contribution is 2.57. The number of fused-ring (bicyclic) bond motifs is 4. The third kappa shape index (κ3) is 3.03. The summed E-state index contributed by atoms with van der Waals surface area (Å²) < 4.78 is 0. The van der Waals surface area contributed by atoms with Crippen LogP contribution in [0.4, 0.5) is 11.4 Å². The van der Waals surface area contributed by atoms with E-state index >= 15 is 0 Å². The Labute approximate surface area is 211 Å². The van der Waals surface area contributed by atoms with Crippen molar-refractivity contribution in [3.8, 4) is 11.1 Å². The first-order valence-corrected chi connectivity index (χ1v) is 12.5. The molecule has 170 valence electrons. The molecule has 6 aromatic rings. The van der Waals surface area contributed by atoms with E-state index in [0.29, 0.717) is 0 Å². The normalized spacial score (nSPS) is 13.2. The topological polar surface area (TPSA) is 12.0 Å². The van der Waals surface area contributed by atoms with Crippen LogP contribution in [0.2, 0.25) is 0 Å². The van der Waals surface area contributed by atoms with Gasteiger partial charge in [0.15, 0.2) is 0 Å². The highest BCUT2D eigenvalue weighted by atomic mass is 14.9. The Morgan fingerprint density at radius 2 is 0.917 bits per heavy atom. The van der Waals surface area contributed by atoms with Crippen LogP contribution < -0.4 is 5.32 Å². The molecule has 1 heteroatoms. The van der Waals surface area contributed by atoms with Crippen LogP contribution in [0.1, 0.15) is 22.3 Å². The third-order valence-electron chi connectivity index (χ3n) is 7.50. The van der Waals surface area contributed by atoms with Crippen molar-refractivity contribution in [2.45, 2.75) is 5.41 Å². The van der Waals surface area contributed by atoms with Gasteiger partial charge in [0, 0.05) is 11.4 Å². The molecule has 1 N–H and O–H groups in total. The Morgan fingerprint density at radius 3 is 1.56 bits per heavy atom. The molecule has 0 saturated heterocycles. The van der Waals surface area contributed by atoms with Gasteiger partial charge in [-0.25, -0.2) is 0 Å². The van der Waals surface area contributed by atoms with Gasteiger partial charge >= 0.3 is 0 Å². The Hall–Kier alpha value is -4.62. The van der Waals surface area contributed by atoms with E-state index in [-0.39, 0.29) is 0 Å². The number of rotatable bonds is 4. The van der Waals surface area contributed by atoms with Crippen LogP contribution in [0.15, 0.2) is 146 Å². The molecular formula is C35H25N. The monoisotopic (exact) mass is 459 g/mol. The van der Waals surface area contributed by atoms with Crippen molar-refractivity contribution < 1.29 is 0 Å². The van der Waals surface area contributed by atoms with Gasteiger partial charge < -0.3 is 5.32 Å². The maximum absolute atomic E-state index is 3.80. The summed E-state index contributed by atoms with van der Waals surface area (Å²) in [5, 5.41) is 6.26. The molecule has 0 heterocycles. The molecule has 36 heavy (non-hydrogen) atoms. The van der Waals surface area contributed by atoms with Gasteiger partial charge in [-0.2, -0.15) is 0 Å². The molecule has 6 aromatic carbocycles. The van der Waals surface area contributed by atoms with E-state index in [4.69, 9.17) is 0 Å². The lowest BCUT2D eigenvalue weighted by Gasteiger charge is -2.36. The maximum atomic E-state index is 3.80. The van der Waals surface area contributed by atoms with E-state index in [0.717, 1.165) is 11.4 Å². The Morgan fingerprint density at radius 1 is 0.417 bits per heavy atom. The molecule has 1 nitrogen and oxygen atoms in total. The summed E-state index contributed by atoms with van der Waals surface area (Å²) in [5.74, 6) is 0. The van der Waals surface area contributed by atoms with Crippen LogP contribution in [0, 0.1) is 0 Å². The molecular weight excluding hydrogens is 434 g/mol. The minimum absolute atomic E-state index is 0.449. The number of para-hydroxylation sites is 1. The van der Waals surface area contributed by atoms with E-state index < -0.39 is 5.41 Å². The third-order valence-corrected chi connectivity index (χ3v) is 7.50. The summed E-state index contributed by atoms with van der Waals surface area (Å²) in [7, 11) is 0. The van der Waals surface area contributed by atoms with E-state index in [1.807, 2.05) is 0 Å². The second kappa shape index (κ2) is 8.25. The average Bonchev–Trinajstić information content (AvgIpc) is 3.25. The number of anilines is 2. The summed E-state index contributed by atoms with van der Waals surface area (Å²) in [5.41, 5.74) is 9.53. The number of nitrogens with one attached hydrogen (secondary N) is 1. The van der Waals surface area contributed by atoms with Gasteiger partial charge in [0.2, 0.25) is 0 Å². The highest BCUT2D eigenvalue weighted by Gasteiger charge is 2.47. The summed E-state index contributed by atoms with van der Waals surface area (Å²) >= 11 is 0. The molecule has 0 bridgehead atoms. The predicted molar refractivity (Wildman–Crippen MR) is 151 cm³/mol. The van der Waals surface area contributed by atoms with Gasteiger partial charge in [0.25, 0.3) is 0 Å². The molecule has 1 aliphatic rings. The second-order valence-electron chi connectivity index (χ2n) is 9.44. The zero-order valence-corrected chi connectivity index (χ0v) is 19.9. The van der Waals surface area contributed by atoms with Crippen molar-refractivity contribution in [1.29, 1.82) is 0 Å². The minimum Gasteiger partial charge on any atom is -0.355 e. The first-order chi connectivity index (χ1) is 17.9. The van der Waals surface area contributed by atoms with Crippen molar-refractivity contribution >= 4 is 22.1 Å². The van der Waals surface area contributed by atoms with Gasteiger partial charge in [0.1, 0.15) is 0 Å². The van der Waals surface area contributed by atoms with Gasteiger partial charge in [-0.3, -0.25) is 0 Å². The Kier molecular flexibility index (Phi) is 4.75. The Balaban J connectivity index is 1.63. The summed E-state index contributed by atoms with van der Waals surface area (Å²) in [6.45, 7) is 0. The van der Waals surface area contributed by atoms with Crippen molar-refractivity contribution in [2.24, 2.45) is 0 Å². The molecule has 0 aliphatic heterocycles. The molecule has 0 radical (unpaired) electrons. The number of hydrogen-bond donors (Lipinski definition) is 1. The first-order valence-electron chi connectivity index (χ1n) is 12.5. The maximum Gasteiger partial charge on any atom is 0.0733 e. The molecule has 0 saturated carbocycles. The van der Waals surface area contributed by atoms with E-state index in [1.165, 1.54) is 44.2 Å². The minimum atomic E-state index is -0.449. The summed E-state index contributed by atoms with van der Waals surface area (Å²) in [6.07, 6.45) is 0. The van der Waals surface area contributed by atoms with Gasteiger partial charge in [-0.1, -0.05) is 121 Å². The predicted octanol–water partition coefficient (Wildman–Crippen LogP) is 8.95. The first kappa shape index (κ1) is 20.7. The fourth-order valence-electron chi connectivity index (χ4n) is 6.01. The average molecular weight is 460 g/mol. The highest BCUT2D eigenvalue weighted by molar-refractivity contribution is 5.94. The van der Waals surface area contributed by atoms with Crippen molar-refractivity contribution in [1.82, 2.24) is 0 Å². The second-order valence-corrected chi connectivity index (χ2v) is 9.44. The number of hydrogen-bond acceptors (Lipinski definition) is 1. The smallest absolute Gasteiger partial charge is 0.0733 e. The zero-order valence-electron chi connectivity index (χ0n) is 19.9. The van der Waals surface area contributed by atoms with Crippen LogP contribution in [-0.2, 0) is 5.41 Å². The van der Waals surface area contributed by atoms with Gasteiger partial charge in [-0.05, 0) is 68.4 Å². The molecule has 0 fully saturated rings. The summed E-state index contributed by atoms with van der Waals surface area (Å²) in [4.78, 5) is 0. The standard InChI is InChI=1S/C35H25N/c1-3-15-27(16-4-1)35(31-21-11-9-19-29(31)30-20-10-12-22-32(30)35)33-23-25-13-7-8-14-26(25)24-34(33)36-28-17-5-2-6-18-28/h1-24,36H. The number of benzene rings is 6. The van der Waals surface area contributed by atoms with Crippen molar-refractivity contribution in [2.75, 3.05) is 5.32 Å². The van der Waals surface area contributed by atoms with Crippen molar-refractivity contribution in [3.63, 3.8) is 0 Å². The van der Waals surface area contributed by atoms with Crippen LogP contribution >= 0.6 is 0 Å². The Bertz CT molecular complexity index is 1650. The van der Waals surface area contributed by atoms with E-state index in [2.05, 4.69) is 151 Å². The van der Waals surface area contributed by atoms with Crippen LogP contribution in [0.3, 0.4) is 0 Å². The lowest BCUT2D eigenvalue weighted by atomic mass is 9.67. The SMILES string of the molecule is c1ccc(Nc2cc3ccccc3cc2C2(c3ccccc3)c3ccccc3-c3ccccc32)cc1. The zero-order chi connectivity index (χ0) is 24.0. The van der Waals surface area contributed by atoms with E-state index in [1.54, 1.807) is 0 Å². The lowest BCUT2D eigenvalue weighted by molar-refractivity contribution is 0.772. The molecule has 1 aliphatic carbocycles. The van der Waals surface area contributed by atoms with Crippen molar-refractivity contribution in [3.05, 3.63) is 168 Å². The van der Waals surface area contributed by atoms with Gasteiger partial charge in [0.05, 0.1) is 5.41 Å². The van der Waals surface area contributed by atoms with E-state index in [9.17, 15) is 0 Å². The fourth-order valence-corrected chi connectivity index (χ4v) is 6.01. The largest absolute Gasteiger partial charge is 0.355 e. The summed E-state index contributed by atoms with van der Waals surface area (Å²) in [6, 6.07) is 52.6. The fraction of sp³-hybridized carbons (Fsp3) is 0.0286. The quantitative estimate of drug-likeness (QED) is 0.277. The lowest BCUT2D eigenvalue weighted by Crippen LogP contribution is -2.29.